The summed E-state index contributed by atoms with van der Waals surface area (Å²) in [6, 6.07) is 5.57. The van der Waals surface area contributed by atoms with Gasteiger partial charge in [0.15, 0.2) is 18.1 Å². The van der Waals surface area contributed by atoms with Gasteiger partial charge in [-0.3, -0.25) is 9.80 Å². The van der Waals surface area contributed by atoms with Crippen molar-refractivity contribution in [3.8, 4) is 11.5 Å². The largest absolute Gasteiger partial charge is 0.493 e. The van der Waals surface area contributed by atoms with Crippen LogP contribution < -0.4 is 14.8 Å². The Bertz CT molecular complexity index is 540. The Kier molecular flexibility index (Phi) is 6.72. The van der Waals surface area contributed by atoms with Gasteiger partial charge in [0.25, 0.3) is 5.91 Å². The van der Waals surface area contributed by atoms with Crippen LogP contribution in [-0.2, 0) is 4.79 Å². The molecule has 0 radical (unpaired) electrons. The normalized spacial score (nSPS) is 14.8. The summed E-state index contributed by atoms with van der Waals surface area (Å²) in [5.41, 5.74) is 0.942. The molecule has 0 atom stereocenters. The minimum Gasteiger partial charge on any atom is -0.493 e. The Morgan fingerprint density at radius 2 is 2.09 bits per heavy atom. The fraction of sp³-hybridized carbons (Fsp3) is 0.529. The number of ether oxygens (including phenoxy) is 2. The maximum absolute atomic E-state index is 11.5. The van der Waals surface area contributed by atoms with Crippen molar-refractivity contribution in [1.29, 1.82) is 0 Å². The number of benzene rings is 1. The van der Waals surface area contributed by atoms with Crippen LogP contribution in [0, 0.1) is 0 Å². The summed E-state index contributed by atoms with van der Waals surface area (Å²) in [6.07, 6.45) is 5.53. The molecule has 1 aromatic rings. The van der Waals surface area contributed by atoms with E-state index in [1.165, 1.54) is 19.3 Å². The van der Waals surface area contributed by atoms with Gasteiger partial charge < -0.3 is 14.8 Å². The van der Waals surface area contributed by atoms with Crippen LogP contribution in [0.1, 0.15) is 31.7 Å². The molecule has 1 aromatic carbocycles. The van der Waals surface area contributed by atoms with Crippen LogP contribution in [-0.4, -0.2) is 50.5 Å². The third-order valence-electron chi connectivity index (χ3n) is 3.62. The summed E-state index contributed by atoms with van der Waals surface area (Å²) in [4.78, 5) is 11.5. The van der Waals surface area contributed by atoms with Gasteiger partial charge in [-0.15, -0.1) is 0 Å². The summed E-state index contributed by atoms with van der Waals surface area (Å²) >= 11 is 0. The molecule has 1 heterocycles. The van der Waals surface area contributed by atoms with Crippen LogP contribution in [0.3, 0.4) is 0 Å². The highest BCUT2D eigenvalue weighted by atomic mass is 16.5. The van der Waals surface area contributed by atoms with Crippen molar-refractivity contribution < 1.29 is 14.3 Å². The average molecular weight is 319 g/mol. The fourth-order valence-corrected chi connectivity index (χ4v) is 2.42. The summed E-state index contributed by atoms with van der Waals surface area (Å²) in [7, 11) is 1.58. The number of methoxy groups -OCH3 is 1. The highest BCUT2D eigenvalue weighted by Gasteiger charge is 2.09. The van der Waals surface area contributed by atoms with Crippen LogP contribution in [0.5, 0.6) is 11.5 Å². The van der Waals surface area contributed by atoms with E-state index in [0.29, 0.717) is 18.0 Å². The second kappa shape index (κ2) is 9.02. The Balaban J connectivity index is 1.97. The van der Waals surface area contributed by atoms with E-state index in [9.17, 15) is 4.79 Å². The van der Waals surface area contributed by atoms with Crippen molar-refractivity contribution in [2.45, 2.75) is 26.2 Å². The van der Waals surface area contributed by atoms with Crippen molar-refractivity contribution in [1.82, 2.24) is 10.3 Å². The van der Waals surface area contributed by atoms with Crippen LogP contribution in [0.15, 0.2) is 23.3 Å². The van der Waals surface area contributed by atoms with E-state index in [-0.39, 0.29) is 12.5 Å². The first kappa shape index (κ1) is 17.1. The standard InChI is InChI=1S/C17H25N3O3/c1-3-18-17(21)13-23-15-8-7-14(11-16(15)22-2)12-19-20-9-5-4-6-10-20/h7-8,11-12H,3-6,9-10,13H2,1-2H3,(H,18,21)/b19-12-. The smallest absolute Gasteiger partial charge is 0.257 e. The van der Waals surface area contributed by atoms with Crippen molar-refractivity contribution in [3.05, 3.63) is 23.8 Å². The van der Waals surface area contributed by atoms with Crippen molar-refractivity contribution >= 4 is 12.1 Å². The molecule has 0 aromatic heterocycles. The second-order valence-electron chi connectivity index (χ2n) is 5.41. The lowest BCUT2D eigenvalue weighted by Crippen LogP contribution is -2.28. The van der Waals surface area contributed by atoms with Gasteiger partial charge in [-0.05, 0) is 49.9 Å². The fourth-order valence-electron chi connectivity index (χ4n) is 2.42. The van der Waals surface area contributed by atoms with E-state index < -0.39 is 0 Å². The summed E-state index contributed by atoms with van der Waals surface area (Å²) < 4.78 is 10.8. The maximum Gasteiger partial charge on any atom is 0.257 e. The number of piperidine rings is 1. The SMILES string of the molecule is CCNC(=O)COc1ccc(/C=N\N2CCCCC2)cc1OC. The second-order valence-corrected chi connectivity index (χ2v) is 5.41. The zero-order valence-corrected chi connectivity index (χ0v) is 13.9. The Morgan fingerprint density at radius 1 is 1.30 bits per heavy atom. The number of hydrogen-bond acceptors (Lipinski definition) is 5. The molecule has 1 aliphatic heterocycles. The van der Waals surface area contributed by atoms with E-state index in [1.54, 1.807) is 13.2 Å². The lowest BCUT2D eigenvalue weighted by molar-refractivity contribution is -0.123. The van der Waals surface area contributed by atoms with Gasteiger partial charge in [0, 0.05) is 19.6 Å². The number of hydrazone groups is 1. The van der Waals surface area contributed by atoms with Crippen molar-refractivity contribution in [3.63, 3.8) is 0 Å². The predicted octanol–water partition coefficient (Wildman–Crippen LogP) is 2.03. The monoisotopic (exact) mass is 319 g/mol. The first-order valence-electron chi connectivity index (χ1n) is 8.09. The minimum absolute atomic E-state index is 0.0224. The molecule has 1 fully saturated rings. The van der Waals surface area contributed by atoms with Crippen molar-refractivity contribution in [2.24, 2.45) is 5.10 Å². The van der Waals surface area contributed by atoms with Gasteiger partial charge in [-0.2, -0.15) is 5.10 Å². The highest BCUT2D eigenvalue weighted by molar-refractivity contribution is 5.81. The lowest BCUT2D eigenvalue weighted by Gasteiger charge is -2.23. The number of rotatable bonds is 7. The molecule has 6 nitrogen and oxygen atoms in total. The summed E-state index contributed by atoms with van der Waals surface area (Å²) in [5.74, 6) is 0.996. The molecule has 0 aliphatic carbocycles. The molecule has 6 heteroatoms. The van der Waals surface area contributed by atoms with E-state index in [4.69, 9.17) is 9.47 Å². The topological polar surface area (TPSA) is 63.2 Å². The molecule has 23 heavy (non-hydrogen) atoms. The third kappa shape index (κ3) is 5.47. The van der Waals surface area contributed by atoms with E-state index in [0.717, 1.165) is 18.7 Å². The number of amides is 1. The number of nitrogens with one attached hydrogen (secondary N) is 1. The first-order chi connectivity index (χ1) is 11.2. The summed E-state index contributed by atoms with van der Waals surface area (Å²) in [5, 5.41) is 9.29. The van der Waals surface area contributed by atoms with Gasteiger partial charge in [0.05, 0.1) is 13.3 Å². The molecular weight excluding hydrogens is 294 g/mol. The molecule has 1 aliphatic rings. The van der Waals surface area contributed by atoms with E-state index >= 15 is 0 Å². The van der Waals surface area contributed by atoms with Crippen LogP contribution in [0.25, 0.3) is 0 Å². The van der Waals surface area contributed by atoms with Gasteiger partial charge >= 0.3 is 0 Å². The number of carbonyl (C=O) groups excluding carboxylic acids is 1. The van der Waals surface area contributed by atoms with Gasteiger partial charge in [0.2, 0.25) is 0 Å². The van der Waals surface area contributed by atoms with Crippen LogP contribution >= 0.6 is 0 Å². The third-order valence-corrected chi connectivity index (χ3v) is 3.62. The van der Waals surface area contributed by atoms with Gasteiger partial charge in [-0.1, -0.05) is 0 Å². The van der Waals surface area contributed by atoms with Crippen LogP contribution in [0.4, 0.5) is 0 Å². The maximum atomic E-state index is 11.5. The molecular formula is C17H25N3O3. The van der Waals surface area contributed by atoms with E-state index in [2.05, 4.69) is 15.4 Å². The molecule has 2 rings (SSSR count). The Hall–Kier alpha value is -2.24. The number of hydrogen-bond donors (Lipinski definition) is 1. The molecule has 0 saturated carbocycles. The molecule has 0 unspecified atom stereocenters. The number of carbonyl (C=O) groups is 1. The van der Waals surface area contributed by atoms with Crippen molar-refractivity contribution in [2.75, 3.05) is 33.4 Å². The zero-order valence-electron chi connectivity index (χ0n) is 13.9. The highest BCUT2D eigenvalue weighted by Crippen LogP contribution is 2.27. The van der Waals surface area contributed by atoms with Crippen LogP contribution in [0.2, 0.25) is 0 Å². The quantitative estimate of drug-likeness (QED) is 0.781. The molecule has 0 spiro atoms. The van der Waals surface area contributed by atoms with E-state index in [1.807, 2.05) is 25.3 Å². The van der Waals surface area contributed by atoms with Gasteiger partial charge in [-0.25, -0.2) is 0 Å². The molecule has 0 bridgehead atoms. The first-order valence-corrected chi connectivity index (χ1v) is 8.09. The molecule has 1 saturated heterocycles. The molecule has 1 N–H and O–H groups in total. The number of nitrogens with zero attached hydrogens (tertiary/aromatic N) is 2. The lowest BCUT2D eigenvalue weighted by atomic mass is 10.2. The average Bonchev–Trinajstić information content (AvgIpc) is 2.59. The Labute approximate surface area is 137 Å². The minimum atomic E-state index is -0.148. The molecule has 1 amide bonds. The van der Waals surface area contributed by atoms with Gasteiger partial charge in [0.1, 0.15) is 0 Å². The predicted molar refractivity (Wildman–Crippen MR) is 90.2 cm³/mol. The zero-order chi connectivity index (χ0) is 16.5. The Morgan fingerprint density at radius 3 is 2.78 bits per heavy atom. The summed E-state index contributed by atoms with van der Waals surface area (Å²) in [6.45, 7) is 4.47. The number of likely N-dealkylation sites (N-methyl/N-ethyl adjacent to an activating group) is 1. The molecule has 126 valence electrons.